The van der Waals surface area contributed by atoms with Crippen LogP contribution in [0.1, 0.15) is 59.9 Å². The first-order valence-electron chi connectivity index (χ1n) is 12.4. The fraction of sp³-hybridized carbons (Fsp3) is 0.393. The number of amides is 1. The van der Waals surface area contributed by atoms with E-state index in [1.807, 2.05) is 67.6 Å². The minimum atomic E-state index is -0.368. The molecule has 1 aromatic heterocycles. The Morgan fingerprint density at radius 3 is 2.20 bits per heavy atom. The molecule has 0 atom stereocenters. The van der Waals surface area contributed by atoms with E-state index in [0.717, 1.165) is 11.1 Å². The third-order valence-corrected chi connectivity index (χ3v) is 7.10. The number of benzene rings is 2. The maximum absolute atomic E-state index is 13.8. The second-order valence-corrected chi connectivity index (χ2v) is 9.47. The lowest BCUT2D eigenvalue weighted by molar-refractivity contribution is 0.0151. The lowest BCUT2D eigenvalue weighted by Crippen LogP contribution is -2.43. The predicted octanol–water partition coefficient (Wildman–Crippen LogP) is 3.99. The molecule has 1 N–H and O–H groups in total. The molecule has 0 unspecified atom stereocenters. The average Bonchev–Trinajstić information content (AvgIpc) is 2.88. The van der Waals surface area contributed by atoms with Gasteiger partial charge in [-0.3, -0.25) is 9.36 Å². The molecule has 1 saturated carbocycles. The fourth-order valence-corrected chi connectivity index (χ4v) is 5.22. The lowest BCUT2D eigenvalue weighted by atomic mass is 9.95. The summed E-state index contributed by atoms with van der Waals surface area (Å²) >= 11 is 0. The Bertz CT molecular complexity index is 1190. The Morgan fingerprint density at radius 2 is 1.60 bits per heavy atom. The number of hydrogen-bond acceptors (Lipinski definition) is 5. The van der Waals surface area contributed by atoms with Gasteiger partial charge >= 0.3 is 6.09 Å². The Kier molecular flexibility index (Phi) is 6.68. The Balaban J connectivity index is 1.43. The first-order chi connectivity index (χ1) is 17.0. The lowest BCUT2D eigenvalue weighted by Gasteiger charge is -2.32. The molecule has 0 radical (unpaired) electrons. The van der Waals surface area contributed by atoms with Crippen molar-refractivity contribution in [3.63, 3.8) is 0 Å². The van der Waals surface area contributed by atoms with E-state index in [1.165, 1.54) is 0 Å². The molecule has 2 aromatic carbocycles. The Labute approximate surface area is 205 Å². The topological polar surface area (TPSA) is 84.7 Å². The summed E-state index contributed by atoms with van der Waals surface area (Å²) in [6.45, 7) is 2.54. The van der Waals surface area contributed by atoms with Crippen molar-refractivity contribution < 1.29 is 14.6 Å². The Hall–Kier alpha value is -3.45. The van der Waals surface area contributed by atoms with Crippen molar-refractivity contribution >= 4 is 6.09 Å². The Morgan fingerprint density at radius 1 is 1.00 bits per heavy atom. The summed E-state index contributed by atoms with van der Waals surface area (Å²) in [5.41, 5.74) is 3.29. The molecule has 2 aliphatic rings. The molecule has 1 amide bonds. The highest BCUT2D eigenvalue weighted by Crippen LogP contribution is 2.28. The molecule has 3 aromatic rings. The van der Waals surface area contributed by atoms with E-state index < -0.39 is 0 Å². The molecule has 5 rings (SSSR count). The van der Waals surface area contributed by atoms with Crippen molar-refractivity contribution in [1.82, 2.24) is 14.5 Å². The zero-order valence-electron chi connectivity index (χ0n) is 20.0. The SMILES string of the molecule is Cc1nc2c(c(=O)n1C(c1ccccc1)c1ccccc1)CCN(C(=O)OC1CCC(O)CC1)C2. The number of fused-ring (bicyclic) bond motifs is 1. The van der Waals surface area contributed by atoms with Gasteiger partial charge in [0.1, 0.15) is 11.9 Å². The van der Waals surface area contributed by atoms with Crippen LogP contribution in [0.3, 0.4) is 0 Å². The van der Waals surface area contributed by atoms with E-state index >= 15 is 0 Å². The third kappa shape index (κ3) is 4.86. The molecule has 1 aliphatic carbocycles. The van der Waals surface area contributed by atoms with Gasteiger partial charge in [0.25, 0.3) is 5.56 Å². The van der Waals surface area contributed by atoms with Crippen LogP contribution in [0.5, 0.6) is 0 Å². The van der Waals surface area contributed by atoms with Gasteiger partial charge in [-0.05, 0) is 50.2 Å². The number of aliphatic hydroxyl groups excluding tert-OH is 1. The molecular formula is C28H31N3O4. The van der Waals surface area contributed by atoms with Gasteiger partial charge in [-0.1, -0.05) is 60.7 Å². The molecule has 182 valence electrons. The van der Waals surface area contributed by atoms with Gasteiger partial charge < -0.3 is 14.7 Å². The van der Waals surface area contributed by atoms with Crippen LogP contribution in [-0.2, 0) is 17.7 Å². The highest BCUT2D eigenvalue weighted by Gasteiger charge is 2.31. The molecule has 0 bridgehead atoms. The quantitative estimate of drug-likeness (QED) is 0.620. The molecular weight excluding hydrogens is 442 g/mol. The first-order valence-corrected chi connectivity index (χ1v) is 12.4. The number of aliphatic hydroxyl groups is 1. The second kappa shape index (κ2) is 10.0. The highest BCUT2D eigenvalue weighted by atomic mass is 16.6. The molecule has 2 heterocycles. The maximum atomic E-state index is 13.8. The van der Waals surface area contributed by atoms with E-state index in [0.29, 0.717) is 55.7 Å². The summed E-state index contributed by atoms with van der Waals surface area (Å²) in [4.78, 5) is 33.1. The number of aromatic nitrogens is 2. The van der Waals surface area contributed by atoms with E-state index in [-0.39, 0.29) is 36.4 Å². The van der Waals surface area contributed by atoms with Gasteiger partial charge in [0.05, 0.1) is 24.4 Å². The summed E-state index contributed by atoms with van der Waals surface area (Å²) in [7, 11) is 0. The molecule has 0 saturated heterocycles. The van der Waals surface area contributed by atoms with Crippen LogP contribution in [0, 0.1) is 6.92 Å². The zero-order valence-corrected chi connectivity index (χ0v) is 20.0. The van der Waals surface area contributed by atoms with Gasteiger partial charge in [-0.2, -0.15) is 0 Å². The van der Waals surface area contributed by atoms with Crippen LogP contribution in [0.4, 0.5) is 4.79 Å². The summed E-state index contributed by atoms with van der Waals surface area (Å²) in [6.07, 6.45) is 2.29. The number of carbonyl (C=O) groups excluding carboxylic acids is 1. The second-order valence-electron chi connectivity index (χ2n) is 9.47. The van der Waals surface area contributed by atoms with Crippen molar-refractivity contribution in [2.24, 2.45) is 0 Å². The van der Waals surface area contributed by atoms with Gasteiger partial charge in [0, 0.05) is 12.1 Å². The van der Waals surface area contributed by atoms with Crippen LogP contribution in [0.15, 0.2) is 65.5 Å². The normalized spacial score (nSPS) is 19.9. The van der Waals surface area contributed by atoms with Gasteiger partial charge in [0.15, 0.2) is 0 Å². The van der Waals surface area contributed by atoms with Crippen molar-refractivity contribution in [3.8, 4) is 0 Å². The number of hydrogen-bond donors (Lipinski definition) is 1. The van der Waals surface area contributed by atoms with Gasteiger partial charge in [-0.15, -0.1) is 0 Å². The fourth-order valence-electron chi connectivity index (χ4n) is 5.22. The molecule has 35 heavy (non-hydrogen) atoms. The van der Waals surface area contributed by atoms with E-state index in [1.54, 1.807) is 9.47 Å². The summed E-state index contributed by atoms with van der Waals surface area (Å²) in [6, 6.07) is 19.7. The number of carbonyl (C=O) groups is 1. The summed E-state index contributed by atoms with van der Waals surface area (Å²) in [5.74, 6) is 0.614. The van der Waals surface area contributed by atoms with Crippen molar-refractivity contribution in [2.45, 2.75) is 63.8 Å². The average molecular weight is 474 g/mol. The van der Waals surface area contributed by atoms with E-state index in [2.05, 4.69) is 0 Å². The molecule has 7 nitrogen and oxygen atoms in total. The molecule has 0 spiro atoms. The van der Waals surface area contributed by atoms with Gasteiger partial charge in [-0.25, -0.2) is 9.78 Å². The van der Waals surface area contributed by atoms with Crippen LogP contribution >= 0.6 is 0 Å². The van der Waals surface area contributed by atoms with E-state index in [4.69, 9.17) is 9.72 Å². The summed E-state index contributed by atoms with van der Waals surface area (Å²) in [5, 5.41) is 9.69. The predicted molar refractivity (Wildman–Crippen MR) is 132 cm³/mol. The number of nitrogens with zero attached hydrogens (tertiary/aromatic N) is 3. The highest BCUT2D eigenvalue weighted by molar-refractivity contribution is 5.68. The zero-order chi connectivity index (χ0) is 24.4. The van der Waals surface area contributed by atoms with Crippen molar-refractivity contribution in [3.05, 3.63) is 99.2 Å². The number of ether oxygens (including phenoxy) is 1. The van der Waals surface area contributed by atoms with Crippen LogP contribution < -0.4 is 5.56 Å². The largest absolute Gasteiger partial charge is 0.446 e. The standard InChI is InChI=1S/C28H31N3O4/c1-19-29-25-18-30(28(34)35-23-14-12-22(32)13-15-23)17-16-24(25)27(33)31(19)26(20-8-4-2-5-9-20)21-10-6-3-7-11-21/h2-11,22-23,26,32H,12-18H2,1H3. The molecule has 7 heteroatoms. The van der Waals surface area contributed by atoms with Crippen LogP contribution in [-0.4, -0.2) is 44.4 Å². The smallest absolute Gasteiger partial charge is 0.410 e. The van der Waals surface area contributed by atoms with Crippen LogP contribution in [0.25, 0.3) is 0 Å². The van der Waals surface area contributed by atoms with Crippen LogP contribution in [0.2, 0.25) is 0 Å². The van der Waals surface area contributed by atoms with Crippen molar-refractivity contribution in [1.29, 1.82) is 0 Å². The van der Waals surface area contributed by atoms with Gasteiger partial charge in [0.2, 0.25) is 0 Å². The summed E-state index contributed by atoms with van der Waals surface area (Å²) < 4.78 is 7.48. The monoisotopic (exact) mass is 473 g/mol. The van der Waals surface area contributed by atoms with Crippen molar-refractivity contribution in [2.75, 3.05) is 6.54 Å². The first kappa shape index (κ1) is 23.3. The maximum Gasteiger partial charge on any atom is 0.410 e. The third-order valence-electron chi connectivity index (χ3n) is 7.10. The molecule has 1 fully saturated rings. The number of aryl methyl sites for hydroxylation is 1. The minimum Gasteiger partial charge on any atom is -0.446 e. The molecule has 1 aliphatic heterocycles. The van der Waals surface area contributed by atoms with E-state index in [9.17, 15) is 14.7 Å². The number of rotatable bonds is 4. The minimum absolute atomic E-state index is 0.0560.